The first-order valence-corrected chi connectivity index (χ1v) is 14.4. The number of para-hydroxylation sites is 2. The second kappa shape index (κ2) is 10.0. The molecule has 38 heavy (non-hydrogen) atoms. The average molecular weight is 533 g/mol. The van der Waals surface area contributed by atoms with Gasteiger partial charge in [0.05, 0.1) is 21.2 Å². The molecule has 2 heterocycles. The summed E-state index contributed by atoms with van der Waals surface area (Å²) in [6.07, 6.45) is 0. The van der Waals surface area contributed by atoms with E-state index in [1.54, 1.807) is 0 Å². The molecule has 6 aromatic rings. The molecule has 4 aromatic carbocycles. The van der Waals surface area contributed by atoms with Gasteiger partial charge in [0.15, 0.2) is 0 Å². The number of hydrogen-bond donors (Lipinski definition) is 2. The van der Waals surface area contributed by atoms with Crippen molar-refractivity contribution in [2.45, 2.75) is 23.6 Å². The summed E-state index contributed by atoms with van der Waals surface area (Å²) in [5, 5.41) is 1.25. The Balaban J connectivity index is 1.52. The molecule has 0 unspecified atom stereocenters. The van der Waals surface area contributed by atoms with Crippen molar-refractivity contribution >= 4 is 43.4 Å². The normalized spacial score (nSPS) is 11.3. The fourth-order valence-electron chi connectivity index (χ4n) is 4.52. The van der Waals surface area contributed by atoms with Crippen LogP contribution in [0, 0.1) is 13.8 Å². The molecule has 0 saturated carbocycles. The highest BCUT2D eigenvalue weighted by atomic mass is 33.1. The lowest BCUT2D eigenvalue weighted by Crippen LogP contribution is -2.10. The number of aromatic nitrogens is 2. The molecule has 0 aliphatic carbocycles. The monoisotopic (exact) mass is 532 g/mol. The molecule has 6 rings (SSSR count). The number of benzene rings is 4. The Labute approximate surface area is 227 Å². The number of fused-ring (bicyclic) bond motifs is 2. The van der Waals surface area contributed by atoms with E-state index in [1.807, 2.05) is 111 Å². The van der Waals surface area contributed by atoms with Crippen LogP contribution in [0.2, 0.25) is 0 Å². The van der Waals surface area contributed by atoms with Gasteiger partial charge in [-0.25, -0.2) is 0 Å². The van der Waals surface area contributed by atoms with Crippen molar-refractivity contribution in [3.8, 4) is 22.5 Å². The highest BCUT2D eigenvalue weighted by Gasteiger charge is 2.19. The van der Waals surface area contributed by atoms with E-state index in [-0.39, 0.29) is 10.9 Å². The summed E-state index contributed by atoms with van der Waals surface area (Å²) in [6, 6.07) is 31.3. The van der Waals surface area contributed by atoms with Crippen LogP contribution in [0.3, 0.4) is 0 Å². The molecule has 0 radical (unpaired) electrons. The highest BCUT2D eigenvalue weighted by Crippen LogP contribution is 2.42. The standard InChI is InChI=1S/C32H24N2O2S2/c1-19-11-15-21(16-12-19)27-31(29(35)23-7-3-5-9-25(23)33-27)37-38-32-28(22-17-13-20(2)14-18-22)34-26-10-6-4-8-24(26)30(32)36/h3-18H,1-2H3,(H,33,35)(H,34,36). The number of pyridine rings is 2. The van der Waals surface area contributed by atoms with Crippen molar-refractivity contribution in [2.75, 3.05) is 0 Å². The van der Waals surface area contributed by atoms with E-state index < -0.39 is 0 Å². The fraction of sp³-hybridized carbons (Fsp3) is 0.0625. The molecular formula is C32H24N2O2S2. The number of H-pyrrole nitrogens is 2. The lowest BCUT2D eigenvalue weighted by atomic mass is 10.1. The molecule has 0 atom stereocenters. The van der Waals surface area contributed by atoms with Gasteiger partial charge >= 0.3 is 0 Å². The first kappa shape index (κ1) is 24.3. The first-order valence-electron chi connectivity index (χ1n) is 12.3. The molecule has 0 saturated heterocycles. The predicted molar refractivity (Wildman–Crippen MR) is 161 cm³/mol. The van der Waals surface area contributed by atoms with Crippen LogP contribution < -0.4 is 10.9 Å². The third-order valence-corrected chi connectivity index (χ3v) is 9.06. The zero-order valence-corrected chi connectivity index (χ0v) is 22.5. The van der Waals surface area contributed by atoms with Gasteiger partial charge in [0.1, 0.15) is 0 Å². The number of hydrogen-bond acceptors (Lipinski definition) is 4. The van der Waals surface area contributed by atoms with Crippen LogP contribution in [0.15, 0.2) is 116 Å². The molecular weight excluding hydrogens is 508 g/mol. The quantitative estimate of drug-likeness (QED) is 0.220. The molecule has 2 aromatic heterocycles. The van der Waals surface area contributed by atoms with Crippen LogP contribution in [0.5, 0.6) is 0 Å². The van der Waals surface area contributed by atoms with Crippen molar-refractivity contribution < 1.29 is 0 Å². The van der Waals surface area contributed by atoms with E-state index in [0.717, 1.165) is 44.7 Å². The van der Waals surface area contributed by atoms with Gasteiger partial charge in [0, 0.05) is 21.8 Å². The zero-order valence-electron chi connectivity index (χ0n) is 20.9. The largest absolute Gasteiger partial charge is 0.353 e. The predicted octanol–water partition coefficient (Wildman–Crippen LogP) is 8.12. The van der Waals surface area contributed by atoms with Crippen molar-refractivity contribution in [1.82, 2.24) is 9.97 Å². The van der Waals surface area contributed by atoms with E-state index in [4.69, 9.17) is 0 Å². The minimum absolute atomic E-state index is 0.0541. The Hall–Kier alpha value is -4.00. The summed E-state index contributed by atoms with van der Waals surface area (Å²) in [6.45, 7) is 4.08. The van der Waals surface area contributed by atoms with Gasteiger partial charge in [0.25, 0.3) is 0 Å². The van der Waals surface area contributed by atoms with E-state index in [1.165, 1.54) is 21.6 Å². The summed E-state index contributed by atoms with van der Waals surface area (Å²) in [5.74, 6) is 0. The molecule has 0 amide bonds. The van der Waals surface area contributed by atoms with Crippen molar-refractivity contribution in [3.05, 3.63) is 129 Å². The summed E-state index contributed by atoms with van der Waals surface area (Å²) in [4.78, 5) is 35.6. The zero-order chi connectivity index (χ0) is 26.2. The summed E-state index contributed by atoms with van der Waals surface area (Å²) in [5.41, 5.74) is 7.10. The third kappa shape index (κ3) is 4.46. The number of aryl methyl sites for hydroxylation is 2. The minimum atomic E-state index is -0.0541. The second-order valence-electron chi connectivity index (χ2n) is 9.31. The average Bonchev–Trinajstić information content (AvgIpc) is 2.94. The maximum absolute atomic E-state index is 13.8. The molecule has 0 bridgehead atoms. The molecule has 0 fully saturated rings. The maximum atomic E-state index is 13.8. The Morgan fingerprint density at radius 1 is 0.500 bits per heavy atom. The molecule has 0 aliphatic heterocycles. The molecule has 0 spiro atoms. The van der Waals surface area contributed by atoms with Crippen LogP contribution in [0.1, 0.15) is 11.1 Å². The topological polar surface area (TPSA) is 65.7 Å². The first-order chi connectivity index (χ1) is 18.5. The minimum Gasteiger partial charge on any atom is -0.353 e. The number of rotatable bonds is 5. The lowest BCUT2D eigenvalue weighted by molar-refractivity contribution is 1.26. The Morgan fingerprint density at radius 2 is 0.868 bits per heavy atom. The van der Waals surface area contributed by atoms with Crippen molar-refractivity contribution in [2.24, 2.45) is 0 Å². The van der Waals surface area contributed by atoms with Crippen molar-refractivity contribution in [1.29, 1.82) is 0 Å². The smallest absolute Gasteiger partial charge is 0.204 e. The Morgan fingerprint density at radius 3 is 1.26 bits per heavy atom. The van der Waals surface area contributed by atoms with Gasteiger partial charge in [-0.15, -0.1) is 0 Å². The molecule has 0 aliphatic rings. The molecule has 4 nitrogen and oxygen atoms in total. The lowest BCUT2D eigenvalue weighted by Gasteiger charge is -2.14. The van der Waals surface area contributed by atoms with E-state index in [2.05, 4.69) is 9.97 Å². The van der Waals surface area contributed by atoms with Gasteiger partial charge in [-0.1, -0.05) is 83.9 Å². The van der Waals surface area contributed by atoms with Crippen LogP contribution >= 0.6 is 21.6 Å². The van der Waals surface area contributed by atoms with Crippen LogP contribution in [0.4, 0.5) is 0 Å². The second-order valence-corrected chi connectivity index (χ2v) is 11.5. The van der Waals surface area contributed by atoms with E-state index >= 15 is 0 Å². The fourth-order valence-corrected chi connectivity index (χ4v) is 7.02. The summed E-state index contributed by atoms with van der Waals surface area (Å²) in [7, 11) is 2.66. The molecule has 2 N–H and O–H groups in total. The third-order valence-electron chi connectivity index (χ3n) is 6.62. The van der Waals surface area contributed by atoms with Crippen LogP contribution in [0.25, 0.3) is 44.3 Å². The van der Waals surface area contributed by atoms with Gasteiger partial charge in [-0.2, -0.15) is 0 Å². The maximum Gasteiger partial charge on any atom is 0.204 e. The van der Waals surface area contributed by atoms with Crippen LogP contribution in [-0.2, 0) is 0 Å². The SMILES string of the molecule is Cc1ccc(-c2[nH]c3ccccc3c(=O)c2SSc2c(-c3ccc(C)cc3)[nH]c3ccccc3c2=O)cc1. The number of nitrogens with one attached hydrogen (secondary N) is 2. The van der Waals surface area contributed by atoms with Crippen LogP contribution in [-0.4, -0.2) is 9.97 Å². The molecule has 6 heteroatoms. The Kier molecular flexibility index (Phi) is 6.44. The Bertz CT molecular complexity index is 1780. The van der Waals surface area contributed by atoms with E-state index in [0.29, 0.717) is 20.6 Å². The van der Waals surface area contributed by atoms with Crippen molar-refractivity contribution in [3.63, 3.8) is 0 Å². The van der Waals surface area contributed by atoms with Gasteiger partial charge in [0.2, 0.25) is 10.9 Å². The van der Waals surface area contributed by atoms with Gasteiger partial charge < -0.3 is 9.97 Å². The van der Waals surface area contributed by atoms with Gasteiger partial charge in [-0.05, 0) is 70.8 Å². The summed E-state index contributed by atoms with van der Waals surface area (Å²) >= 11 is 0. The molecule has 186 valence electrons. The van der Waals surface area contributed by atoms with Gasteiger partial charge in [-0.3, -0.25) is 9.59 Å². The van der Waals surface area contributed by atoms with E-state index in [9.17, 15) is 9.59 Å². The highest BCUT2D eigenvalue weighted by molar-refractivity contribution is 8.76. The number of aromatic amines is 2. The summed E-state index contributed by atoms with van der Waals surface area (Å²) < 4.78 is 0.